The van der Waals surface area contributed by atoms with Crippen LogP contribution >= 0.6 is 11.3 Å². The first-order valence-corrected chi connectivity index (χ1v) is 10.8. The average Bonchev–Trinajstić information content (AvgIpc) is 3.38. The number of aryl methyl sites for hydroxylation is 1. The summed E-state index contributed by atoms with van der Waals surface area (Å²) in [5, 5.41) is 8.04. The summed E-state index contributed by atoms with van der Waals surface area (Å²) in [6, 6.07) is 3.92. The van der Waals surface area contributed by atoms with Gasteiger partial charge in [-0.3, -0.25) is 9.89 Å². The molecule has 2 aromatic rings. The van der Waals surface area contributed by atoms with Crippen LogP contribution < -0.4 is 10.6 Å². The fourth-order valence-corrected chi connectivity index (χ4v) is 3.81. The molecule has 2 N–H and O–H groups in total. The van der Waals surface area contributed by atoms with Crippen molar-refractivity contribution in [3.8, 4) is 0 Å². The number of aliphatic imine (C=N–C) groups is 1. The van der Waals surface area contributed by atoms with Crippen molar-refractivity contribution in [3.05, 3.63) is 40.2 Å². The zero-order valence-corrected chi connectivity index (χ0v) is 17.6. The lowest BCUT2D eigenvalue weighted by Crippen LogP contribution is -2.45. The summed E-state index contributed by atoms with van der Waals surface area (Å²) in [6.45, 7) is 11.3. The van der Waals surface area contributed by atoms with Crippen LogP contribution in [0.25, 0.3) is 0 Å². The molecule has 7 nitrogen and oxygen atoms in total. The van der Waals surface area contributed by atoms with Gasteiger partial charge in [0.15, 0.2) is 5.96 Å². The predicted molar refractivity (Wildman–Crippen MR) is 113 cm³/mol. The molecule has 1 aliphatic rings. The Kier molecular flexibility index (Phi) is 8.32. The van der Waals surface area contributed by atoms with Crippen molar-refractivity contribution in [1.29, 1.82) is 0 Å². The Labute approximate surface area is 171 Å². The van der Waals surface area contributed by atoms with Crippen LogP contribution in [0.5, 0.6) is 0 Å². The van der Waals surface area contributed by atoms with Crippen LogP contribution in [0.15, 0.2) is 34.0 Å². The van der Waals surface area contributed by atoms with Crippen molar-refractivity contribution in [3.63, 3.8) is 0 Å². The maximum absolute atomic E-state index is 5.41. The number of thiazole rings is 1. The minimum absolute atomic E-state index is 0.307. The lowest BCUT2D eigenvalue weighted by atomic mass is 10.2. The fourth-order valence-electron chi connectivity index (χ4n) is 3.00. The minimum atomic E-state index is 0.307. The van der Waals surface area contributed by atoms with Gasteiger partial charge in [-0.15, -0.1) is 11.3 Å². The van der Waals surface area contributed by atoms with Crippen molar-refractivity contribution in [2.75, 3.05) is 52.5 Å². The van der Waals surface area contributed by atoms with Gasteiger partial charge in [-0.1, -0.05) is 6.92 Å². The van der Waals surface area contributed by atoms with Crippen LogP contribution in [0, 0.1) is 6.92 Å². The van der Waals surface area contributed by atoms with Gasteiger partial charge in [0.25, 0.3) is 0 Å². The number of morpholine rings is 1. The van der Waals surface area contributed by atoms with Gasteiger partial charge in [-0.2, -0.15) is 0 Å². The van der Waals surface area contributed by atoms with Gasteiger partial charge in [-0.25, -0.2) is 4.98 Å². The first kappa shape index (κ1) is 20.8. The lowest BCUT2D eigenvalue weighted by molar-refractivity contribution is 0.0389. The van der Waals surface area contributed by atoms with E-state index >= 15 is 0 Å². The zero-order chi connectivity index (χ0) is 19.6. The molecule has 0 amide bonds. The highest BCUT2D eigenvalue weighted by Crippen LogP contribution is 2.21. The molecule has 0 bridgehead atoms. The van der Waals surface area contributed by atoms with E-state index in [1.807, 2.05) is 18.3 Å². The molecule has 0 aromatic carbocycles. The smallest absolute Gasteiger partial charge is 0.191 e. The molecule has 0 spiro atoms. The van der Waals surface area contributed by atoms with Crippen LogP contribution in [-0.2, 0) is 11.2 Å². The minimum Gasteiger partial charge on any atom is -0.469 e. The van der Waals surface area contributed by atoms with E-state index in [2.05, 4.69) is 34.4 Å². The maximum atomic E-state index is 5.41. The van der Waals surface area contributed by atoms with Crippen molar-refractivity contribution >= 4 is 17.3 Å². The summed E-state index contributed by atoms with van der Waals surface area (Å²) in [4.78, 5) is 12.9. The standard InChI is InChI=1S/C20H31N5O2S/c1-16(19-23-15-17(2)28-19)14-24-20(21-6-5-18-4-3-11-27-18)22-7-8-25-9-12-26-13-10-25/h3-4,11,15-16H,5-10,12-14H2,1-2H3,(H2,21,22,24). The summed E-state index contributed by atoms with van der Waals surface area (Å²) in [6.07, 6.45) is 4.48. The molecule has 0 radical (unpaired) electrons. The largest absolute Gasteiger partial charge is 0.469 e. The third-order valence-corrected chi connectivity index (χ3v) is 5.80. The van der Waals surface area contributed by atoms with E-state index in [9.17, 15) is 0 Å². The van der Waals surface area contributed by atoms with Crippen molar-refractivity contribution in [1.82, 2.24) is 20.5 Å². The van der Waals surface area contributed by atoms with Gasteiger partial charge in [0.05, 0.1) is 31.0 Å². The van der Waals surface area contributed by atoms with Crippen LogP contribution in [0.4, 0.5) is 0 Å². The van der Waals surface area contributed by atoms with Crippen molar-refractivity contribution in [2.45, 2.75) is 26.2 Å². The Morgan fingerprint density at radius 2 is 2.14 bits per heavy atom. The Morgan fingerprint density at radius 3 is 2.86 bits per heavy atom. The summed E-state index contributed by atoms with van der Waals surface area (Å²) >= 11 is 1.75. The van der Waals surface area contributed by atoms with Gasteiger partial charge >= 0.3 is 0 Å². The molecule has 3 heterocycles. The Hall–Kier alpha value is -1.90. The molecule has 1 saturated heterocycles. The normalized spacial score (nSPS) is 16.9. The van der Waals surface area contributed by atoms with E-state index in [0.29, 0.717) is 12.5 Å². The van der Waals surface area contributed by atoms with Gasteiger partial charge in [-0.05, 0) is 19.1 Å². The molecule has 1 atom stereocenters. The molecule has 0 saturated carbocycles. The summed E-state index contributed by atoms with van der Waals surface area (Å²) in [5.74, 6) is 2.13. The number of aromatic nitrogens is 1. The van der Waals surface area contributed by atoms with Crippen LogP contribution in [0.1, 0.15) is 28.5 Å². The molecule has 0 aliphatic carbocycles. The molecular formula is C20H31N5O2S. The second kappa shape index (κ2) is 11.2. The average molecular weight is 406 g/mol. The number of ether oxygens (including phenoxy) is 1. The molecule has 1 aliphatic heterocycles. The quantitative estimate of drug-likeness (QED) is 0.492. The highest BCUT2D eigenvalue weighted by atomic mass is 32.1. The van der Waals surface area contributed by atoms with E-state index in [0.717, 1.165) is 69.1 Å². The van der Waals surface area contributed by atoms with E-state index < -0.39 is 0 Å². The SMILES string of the molecule is Cc1cnc(C(C)CN=C(NCCc2ccco2)NCCN2CCOCC2)s1. The molecule has 1 unspecified atom stereocenters. The molecule has 1 fully saturated rings. The van der Waals surface area contributed by atoms with E-state index in [1.165, 1.54) is 4.88 Å². The number of nitrogens with one attached hydrogen (secondary N) is 2. The molecule has 154 valence electrons. The monoisotopic (exact) mass is 405 g/mol. The molecule has 3 rings (SSSR count). The molecule has 28 heavy (non-hydrogen) atoms. The zero-order valence-electron chi connectivity index (χ0n) is 16.8. The highest BCUT2D eigenvalue weighted by molar-refractivity contribution is 7.11. The number of hydrogen-bond donors (Lipinski definition) is 2. The van der Waals surface area contributed by atoms with E-state index in [1.54, 1.807) is 17.6 Å². The first-order chi connectivity index (χ1) is 13.7. The third kappa shape index (κ3) is 6.92. The summed E-state index contributed by atoms with van der Waals surface area (Å²) in [7, 11) is 0. The molecule has 8 heteroatoms. The summed E-state index contributed by atoms with van der Waals surface area (Å²) < 4.78 is 10.8. The molecular weight excluding hydrogens is 374 g/mol. The van der Waals surface area contributed by atoms with Gasteiger partial charge in [0.1, 0.15) is 5.76 Å². The Bertz CT molecular complexity index is 710. The number of furan rings is 1. The maximum Gasteiger partial charge on any atom is 0.191 e. The number of guanidine groups is 1. The predicted octanol–water partition coefficient (Wildman–Crippen LogP) is 2.26. The third-order valence-electron chi connectivity index (χ3n) is 4.65. The second-order valence-electron chi connectivity index (χ2n) is 7.04. The first-order valence-electron chi connectivity index (χ1n) is 9.97. The van der Waals surface area contributed by atoms with Crippen molar-refractivity contribution < 1.29 is 9.15 Å². The van der Waals surface area contributed by atoms with Crippen LogP contribution in [-0.4, -0.2) is 68.3 Å². The van der Waals surface area contributed by atoms with Crippen LogP contribution in [0.2, 0.25) is 0 Å². The number of hydrogen-bond acceptors (Lipinski definition) is 6. The van der Waals surface area contributed by atoms with Crippen LogP contribution in [0.3, 0.4) is 0 Å². The number of rotatable bonds is 9. The van der Waals surface area contributed by atoms with Gasteiger partial charge < -0.3 is 19.8 Å². The van der Waals surface area contributed by atoms with E-state index in [4.69, 9.17) is 14.1 Å². The van der Waals surface area contributed by atoms with E-state index in [-0.39, 0.29) is 0 Å². The molecule has 2 aromatic heterocycles. The highest BCUT2D eigenvalue weighted by Gasteiger charge is 2.11. The van der Waals surface area contributed by atoms with Gasteiger partial charge in [0.2, 0.25) is 0 Å². The van der Waals surface area contributed by atoms with Gasteiger partial charge in [0, 0.05) is 56.1 Å². The fraction of sp³-hybridized carbons (Fsp3) is 0.600. The van der Waals surface area contributed by atoms with Crippen molar-refractivity contribution in [2.24, 2.45) is 4.99 Å². The second-order valence-corrected chi connectivity index (χ2v) is 8.30. The Morgan fingerprint density at radius 1 is 1.32 bits per heavy atom. The Balaban J connectivity index is 1.49. The summed E-state index contributed by atoms with van der Waals surface area (Å²) in [5.41, 5.74) is 0. The topological polar surface area (TPSA) is 74.9 Å². The number of nitrogens with zero attached hydrogens (tertiary/aromatic N) is 3. The lowest BCUT2D eigenvalue weighted by Gasteiger charge is -2.26.